The van der Waals surface area contributed by atoms with E-state index in [1.807, 2.05) is 6.92 Å². The van der Waals surface area contributed by atoms with Gasteiger partial charge in [-0.3, -0.25) is 4.79 Å². The van der Waals surface area contributed by atoms with Gasteiger partial charge in [0.05, 0.1) is 6.10 Å². The van der Waals surface area contributed by atoms with E-state index in [1.54, 1.807) is 0 Å². The zero-order chi connectivity index (χ0) is 13.3. The molecule has 1 N–H and O–H groups in total. The fourth-order valence-corrected chi connectivity index (χ4v) is 4.75. The molecule has 18 heavy (non-hydrogen) atoms. The zero-order valence-electron chi connectivity index (χ0n) is 11.8. The summed E-state index contributed by atoms with van der Waals surface area (Å²) in [6.07, 6.45) is 2.02. The lowest BCUT2D eigenvalue weighted by Crippen LogP contribution is -2.60. The van der Waals surface area contributed by atoms with E-state index in [-0.39, 0.29) is 23.5 Å². The standard InChI is InChI=1S/C15H24O3/c1-8(2)15-7-11(16)14(4,18-15)10-6-5-9(3)12(10)13(15)17/h8-10,12-13,17H,5-7H2,1-4H3/t9-,10-,12-,13+,14+,15-/m1/s1. The molecule has 0 radical (unpaired) electrons. The first-order valence-electron chi connectivity index (χ1n) is 7.24. The third kappa shape index (κ3) is 1.25. The van der Waals surface area contributed by atoms with Crippen molar-refractivity contribution in [3.05, 3.63) is 0 Å². The summed E-state index contributed by atoms with van der Waals surface area (Å²) in [5.41, 5.74) is -1.27. The van der Waals surface area contributed by atoms with E-state index in [1.165, 1.54) is 0 Å². The van der Waals surface area contributed by atoms with Gasteiger partial charge in [0.2, 0.25) is 0 Å². The van der Waals surface area contributed by atoms with E-state index < -0.39 is 17.3 Å². The van der Waals surface area contributed by atoms with Gasteiger partial charge in [-0.05, 0) is 37.5 Å². The average molecular weight is 252 g/mol. The fraction of sp³-hybridized carbons (Fsp3) is 0.933. The van der Waals surface area contributed by atoms with Crippen molar-refractivity contribution >= 4 is 5.78 Å². The predicted octanol–water partition coefficient (Wildman–Crippen LogP) is 2.17. The highest BCUT2D eigenvalue weighted by Gasteiger charge is 2.69. The van der Waals surface area contributed by atoms with Crippen LogP contribution in [0.3, 0.4) is 0 Å². The number of aliphatic hydroxyl groups is 1. The molecule has 0 aromatic heterocycles. The maximum Gasteiger partial charge on any atom is 0.167 e. The maximum atomic E-state index is 12.4. The van der Waals surface area contributed by atoms with Crippen LogP contribution in [0.2, 0.25) is 0 Å². The Morgan fingerprint density at radius 2 is 2.06 bits per heavy atom. The van der Waals surface area contributed by atoms with Crippen LogP contribution >= 0.6 is 0 Å². The number of hydrogen-bond donors (Lipinski definition) is 1. The number of fused-ring (bicyclic) bond motifs is 4. The highest BCUT2D eigenvalue weighted by Crippen LogP contribution is 2.60. The molecule has 3 heteroatoms. The molecule has 0 aromatic rings. The first-order chi connectivity index (χ1) is 8.33. The van der Waals surface area contributed by atoms with Crippen LogP contribution < -0.4 is 0 Å². The molecule has 0 unspecified atom stereocenters. The topological polar surface area (TPSA) is 46.5 Å². The summed E-state index contributed by atoms with van der Waals surface area (Å²) in [4.78, 5) is 12.4. The van der Waals surface area contributed by atoms with Crippen LogP contribution in [-0.4, -0.2) is 28.2 Å². The second-order valence-corrected chi connectivity index (χ2v) is 7.10. The SMILES string of the molecule is CC(C)[C@@]12CC(=O)[C@@](C)(O1)[C@@H]1CC[C@@H](C)[C@H]1[C@@H]2O. The van der Waals surface area contributed by atoms with Crippen molar-refractivity contribution in [1.29, 1.82) is 0 Å². The molecule has 0 aromatic carbocycles. The van der Waals surface area contributed by atoms with Gasteiger partial charge in [0, 0.05) is 12.3 Å². The molecule has 102 valence electrons. The molecule has 0 amide bonds. The van der Waals surface area contributed by atoms with E-state index in [0.29, 0.717) is 12.3 Å². The van der Waals surface area contributed by atoms with Crippen LogP contribution in [0.1, 0.15) is 47.0 Å². The Labute approximate surface area is 109 Å². The Bertz CT molecular complexity index is 391. The summed E-state index contributed by atoms with van der Waals surface area (Å²) in [6.45, 7) is 8.28. The summed E-state index contributed by atoms with van der Waals surface area (Å²) in [5, 5.41) is 10.8. The Morgan fingerprint density at radius 1 is 1.39 bits per heavy atom. The Balaban J connectivity index is 2.10. The van der Waals surface area contributed by atoms with Gasteiger partial charge in [0.15, 0.2) is 5.78 Å². The third-order valence-electron chi connectivity index (χ3n) is 6.00. The van der Waals surface area contributed by atoms with Gasteiger partial charge >= 0.3 is 0 Å². The Hall–Kier alpha value is -0.410. The van der Waals surface area contributed by atoms with Crippen molar-refractivity contribution in [3.8, 4) is 0 Å². The minimum atomic E-state index is -0.640. The molecule has 3 rings (SSSR count). The number of carbonyl (C=O) groups is 1. The molecule has 1 saturated carbocycles. The summed E-state index contributed by atoms with van der Waals surface area (Å²) in [5.74, 6) is 1.32. The highest BCUT2D eigenvalue weighted by atomic mass is 16.6. The lowest BCUT2D eigenvalue weighted by molar-refractivity contribution is -0.248. The monoisotopic (exact) mass is 252 g/mol. The molecule has 2 saturated heterocycles. The number of aliphatic hydroxyl groups excluding tert-OH is 1. The molecule has 3 fully saturated rings. The van der Waals surface area contributed by atoms with Crippen molar-refractivity contribution in [2.24, 2.45) is 23.7 Å². The minimum Gasteiger partial charge on any atom is -0.390 e. The van der Waals surface area contributed by atoms with Gasteiger partial charge < -0.3 is 9.84 Å². The van der Waals surface area contributed by atoms with Gasteiger partial charge in [-0.2, -0.15) is 0 Å². The van der Waals surface area contributed by atoms with E-state index >= 15 is 0 Å². The molecule has 0 spiro atoms. The van der Waals surface area contributed by atoms with E-state index in [4.69, 9.17) is 4.74 Å². The molecule has 6 atom stereocenters. The molecule has 2 aliphatic heterocycles. The van der Waals surface area contributed by atoms with E-state index in [9.17, 15) is 9.90 Å². The fourth-order valence-electron chi connectivity index (χ4n) is 4.75. The Morgan fingerprint density at radius 3 is 2.67 bits per heavy atom. The number of ether oxygens (including phenoxy) is 1. The van der Waals surface area contributed by atoms with Crippen LogP contribution in [0.25, 0.3) is 0 Å². The normalized spacial score (nSPS) is 55.1. The van der Waals surface area contributed by atoms with Crippen molar-refractivity contribution < 1.29 is 14.6 Å². The average Bonchev–Trinajstić information content (AvgIpc) is 2.77. The van der Waals surface area contributed by atoms with Crippen LogP contribution in [0.15, 0.2) is 0 Å². The van der Waals surface area contributed by atoms with Crippen LogP contribution in [0.4, 0.5) is 0 Å². The molecule has 1 aliphatic carbocycles. The molecule has 3 nitrogen and oxygen atoms in total. The van der Waals surface area contributed by atoms with Crippen LogP contribution in [0.5, 0.6) is 0 Å². The van der Waals surface area contributed by atoms with E-state index in [2.05, 4.69) is 20.8 Å². The van der Waals surface area contributed by atoms with Crippen molar-refractivity contribution in [1.82, 2.24) is 0 Å². The lowest BCUT2D eigenvalue weighted by atomic mass is 9.70. The Kier molecular flexibility index (Phi) is 2.50. The summed E-state index contributed by atoms with van der Waals surface area (Å²) < 4.78 is 6.22. The minimum absolute atomic E-state index is 0.173. The second-order valence-electron chi connectivity index (χ2n) is 7.10. The largest absolute Gasteiger partial charge is 0.390 e. The third-order valence-corrected chi connectivity index (χ3v) is 6.00. The summed E-state index contributed by atoms with van der Waals surface area (Å²) in [6, 6.07) is 0. The quantitative estimate of drug-likeness (QED) is 0.778. The van der Waals surface area contributed by atoms with E-state index in [0.717, 1.165) is 12.8 Å². The number of hydrogen-bond acceptors (Lipinski definition) is 3. The molecule has 3 aliphatic rings. The van der Waals surface area contributed by atoms with Gasteiger partial charge in [0.25, 0.3) is 0 Å². The van der Waals surface area contributed by atoms with Crippen molar-refractivity contribution in [2.45, 2.75) is 64.3 Å². The predicted molar refractivity (Wildman–Crippen MR) is 68.1 cm³/mol. The van der Waals surface area contributed by atoms with Crippen molar-refractivity contribution in [2.75, 3.05) is 0 Å². The molecular weight excluding hydrogens is 228 g/mol. The highest BCUT2D eigenvalue weighted by molar-refractivity contribution is 5.91. The van der Waals surface area contributed by atoms with Gasteiger partial charge in [0.1, 0.15) is 11.2 Å². The second kappa shape index (κ2) is 3.57. The smallest absolute Gasteiger partial charge is 0.167 e. The zero-order valence-corrected chi connectivity index (χ0v) is 11.8. The number of Topliss-reactive ketones (excluding diaryl/α,β-unsaturated/α-hetero) is 1. The number of ketones is 1. The molecular formula is C15H24O3. The van der Waals surface area contributed by atoms with Crippen LogP contribution in [-0.2, 0) is 9.53 Å². The number of rotatable bonds is 1. The first kappa shape index (κ1) is 12.6. The van der Waals surface area contributed by atoms with Crippen molar-refractivity contribution in [3.63, 3.8) is 0 Å². The van der Waals surface area contributed by atoms with Gasteiger partial charge in [-0.25, -0.2) is 0 Å². The molecule has 2 bridgehead atoms. The lowest BCUT2D eigenvalue weighted by Gasteiger charge is -2.50. The maximum absolute atomic E-state index is 12.4. The molecule has 2 heterocycles. The first-order valence-corrected chi connectivity index (χ1v) is 7.24. The number of carbonyl (C=O) groups excluding carboxylic acids is 1. The van der Waals surface area contributed by atoms with Gasteiger partial charge in [-0.1, -0.05) is 20.8 Å². The van der Waals surface area contributed by atoms with Crippen LogP contribution in [0, 0.1) is 23.7 Å². The summed E-state index contributed by atoms with van der Waals surface area (Å²) in [7, 11) is 0. The summed E-state index contributed by atoms with van der Waals surface area (Å²) >= 11 is 0. The van der Waals surface area contributed by atoms with Gasteiger partial charge in [-0.15, -0.1) is 0 Å².